The topological polar surface area (TPSA) is 75.6 Å². The Morgan fingerprint density at radius 2 is 1.96 bits per heavy atom. The number of carboxylic acid groups (broad SMARTS) is 1. The summed E-state index contributed by atoms with van der Waals surface area (Å²) in [5.41, 5.74) is -1.57. The summed E-state index contributed by atoms with van der Waals surface area (Å²) in [6.45, 7) is -0.245. The van der Waals surface area contributed by atoms with Crippen LogP contribution in [0.4, 0.5) is 13.2 Å². The average molecular weight is 359 g/mol. The number of aliphatic carboxylic acids is 1. The lowest BCUT2D eigenvalue weighted by Gasteiger charge is -2.29. The van der Waals surface area contributed by atoms with E-state index < -0.39 is 35.1 Å². The van der Waals surface area contributed by atoms with Crippen molar-refractivity contribution in [2.45, 2.75) is 43.4 Å². The third kappa shape index (κ3) is 4.12. The zero-order chi connectivity index (χ0) is 18.7. The fraction of sp³-hybridized carbons (Fsp3) is 0.529. The maximum absolute atomic E-state index is 13.0. The molecule has 8 heteroatoms. The predicted octanol–water partition coefficient (Wildman–Crippen LogP) is 2.73. The number of amides is 1. The van der Waals surface area contributed by atoms with Crippen molar-refractivity contribution in [2.24, 2.45) is 0 Å². The summed E-state index contributed by atoms with van der Waals surface area (Å²) >= 11 is 0. The van der Waals surface area contributed by atoms with Gasteiger partial charge in [0.05, 0.1) is 17.5 Å². The van der Waals surface area contributed by atoms with Crippen LogP contribution in [0.5, 0.6) is 0 Å². The van der Waals surface area contributed by atoms with Crippen LogP contribution in [0.3, 0.4) is 0 Å². The summed E-state index contributed by atoms with van der Waals surface area (Å²) in [5.74, 6) is -1.69. The molecule has 0 heterocycles. The summed E-state index contributed by atoms with van der Waals surface area (Å²) in [5, 5.41) is 11.5. The molecule has 1 unspecified atom stereocenters. The minimum Gasteiger partial charge on any atom is -0.479 e. The normalized spacial score (nSPS) is 17.9. The number of benzene rings is 1. The van der Waals surface area contributed by atoms with E-state index in [1.807, 2.05) is 0 Å². The van der Waals surface area contributed by atoms with Crippen LogP contribution in [0, 0.1) is 0 Å². The first-order valence-electron chi connectivity index (χ1n) is 7.92. The quantitative estimate of drug-likeness (QED) is 0.819. The second-order valence-corrected chi connectivity index (χ2v) is 6.14. The average Bonchev–Trinajstić information content (AvgIpc) is 3.05. The van der Waals surface area contributed by atoms with Crippen LogP contribution in [-0.2, 0) is 25.9 Å². The van der Waals surface area contributed by atoms with E-state index in [-0.39, 0.29) is 6.54 Å². The molecule has 2 rings (SSSR count). The maximum Gasteiger partial charge on any atom is 0.416 e. The van der Waals surface area contributed by atoms with Crippen LogP contribution < -0.4 is 5.32 Å². The van der Waals surface area contributed by atoms with Crippen LogP contribution in [0.15, 0.2) is 24.3 Å². The highest BCUT2D eigenvalue weighted by atomic mass is 19.4. The third-order valence-corrected chi connectivity index (χ3v) is 4.64. The number of rotatable bonds is 6. The number of nitrogens with one attached hydrogen (secondary N) is 1. The Kier molecular flexibility index (Phi) is 5.72. The van der Waals surface area contributed by atoms with Crippen molar-refractivity contribution in [2.75, 3.05) is 13.7 Å². The predicted molar refractivity (Wildman–Crippen MR) is 83.0 cm³/mol. The summed E-state index contributed by atoms with van der Waals surface area (Å²) in [6, 6.07) is 4.79. The molecule has 1 saturated carbocycles. The molecule has 2 N–H and O–H groups in total. The Hall–Kier alpha value is -2.09. The van der Waals surface area contributed by atoms with Gasteiger partial charge in [-0.25, -0.2) is 4.79 Å². The Morgan fingerprint density at radius 3 is 2.48 bits per heavy atom. The molecule has 0 saturated heterocycles. The molecule has 1 aliphatic rings. The largest absolute Gasteiger partial charge is 0.479 e. The zero-order valence-electron chi connectivity index (χ0n) is 13.7. The summed E-state index contributed by atoms with van der Waals surface area (Å²) in [4.78, 5) is 23.7. The lowest BCUT2D eigenvalue weighted by Crippen LogP contribution is -2.47. The minimum atomic E-state index is -4.49. The van der Waals surface area contributed by atoms with E-state index in [4.69, 9.17) is 9.84 Å². The van der Waals surface area contributed by atoms with E-state index in [9.17, 15) is 22.8 Å². The second-order valence-electron chi connectivity index (χ2n) is 6.14. The Balaban J connectivity index is 2.27. The summed E-state index contributed by atoms with van der Waals surface area (Å²) < 4.78 is 43.7. The Labute approximate surface area is 143 Å². The molecule has 0 aromatic heterocycles. The van der Waals surface area contributed by atoms with Crippen LogP contribution in [0.2, 0.25) is 0 Å². The van der Waals surface area contributed by atoms with E-state index in [2.05, 4.69) is 5.32 Å². The number of hydrogen-bond donors (Lipinski definition) is 2. The smallest absolute Gasteiger partial charge is 0.416 e. The lowest BCUT2D eigenvalue weighted by molar-refractivity contribution is -0.148. The van der Waals surface area contributed by atoms with E-state index >= 15 is 0 Å². The van der Waals surface area contributed by atoms with Gasteiger partial charge in [-0.05, 0) is 24.5 Å². The van der Waals surface area contributed by atoms with Crippen molar-refractivity contribution in [3.05, 3.63) is 35.4 Å². The monoisotopic (exact) mass is 359 g/mol. The summed E-state index contributed by atoms with van der Waals surface area (Å²) in [7, 11) is 1.21. The van der Waals surface area contributed by atoms with Gasteiger partial charge in [-0.15, -0.1) is 0 Å². The van der Waals surface area contributed by atoms with Gasteiger partial charge in [-0.1, -0.05) is 31.0 Å². The number of hydrogen-bond acceptors (Lipinski definition) is 3. The van der Waals surface area contributed by atoms with Gasteiger partial charge in [0.1, 0.15) is 0 Å². The van der Waals surface area contributed by atoms with Crippen molar-refractivity contribution in [1.82, 2.24) is 5.32 Å². The first-order chi connectivity index (χ1) is 11.7. The van der Waals surface area contributed by atoms with Crippen molar-refractivity contribution in [3.8, 4) is 0 Å². The van der Waals surface area contributed by atoms with Crippen LogP contribution in [-0.4, -0.2) is 36.7 Å². The Bertz CT molecular complexity index is 639. The number of carboxylic acids is 1. The minimum absolute atomic E-state index is 0.245. The fourth-order valence-corrected chi connectivity index (χ4v) is 3.24. The maximum atomic E-state index is 13.0. The number of carbonyl (C=O) groups is 2. The van der Waals surface area contributed by atoms with Gasteiger partial charge in [-0.2, -0.15) is 13.2 Å². The molecule has 1 amide bonds. The standard InChI is InChI=1S/C17H20F3NO4/c1-25-13(14(22)23)10-21-15(24)16(7-2-3-8-16)11-5-4-6-12(9-11)17(18,19)20/h4-6,9,13H,2-3,7-8,10H2,1H3,(H,21,24)(H,22,23). The highest BCUT2D eigenvalue weighted by Crippen LogP contribution is 2.43. The lowest BCUT2D eigenvalue weighted by atomic mass is 9.77. The zero-order valence-corrected chi connectivity index (χ0v) is 13.7. The molecule has 1 aliphatic carbocycles. The van der Waals surface area contributed by atoms with Gasteiger partial charge in [0.2, 0.25) is 5.91 Å². The molecule has 25 heavy (non-hydrogen) atoms. The van der Waals surface area contributed by atoms with E-state index in [0.717, 1.165) is 25.0 Å². The van der Waals surface area contributed by atoms with Gasteiger partial charge in [0, 0.05) is 7.11 Å². The molecule has 1 aromatic carbocycles. The Morgan fingerprint density at radius 1 is 1.32 bits per heavy atom. The van der Waals surface area contributed by atoms with Crippen molar-refractivity contribution in [3.63, 3.8) is 0 Å². The third-order valence-electron chi connectivity index (χ3n) is 4.64. The number of carbonyl (C=O) groups excluding carboxylic acids is 1. The van der Waals surface area contributed by atoms with Gasteiger partial charge >= 0.3 is 12.1 Å². The van der Waals surface area contributed by atoms with Gasteiger partial charge in [0.15, 0.2) is 6.10 Å². The van der Waals surface area contributed by atoms with Crippen LogP contribution in [0.1, 0.15) is 36.8 Å². The number of alkyl halides is 3. The second kappa shape index (κ2) is 7.43. The molecule has 1 aromatic rings. The molecule has 5 nitrogen and oxygen atoms in total. The molecule has 0 spiro atoms. The van der Waals surface area contributed by atoms with Crippen molar-refractivity contribution >= 4 is 11.9 Å². The molecule has 1 atom stereocenters. The molecule has 0 bridgehead atoms. The van der Waals surface area contributed by atoms with E-state index in [1.165, 1.54) is 19.2 Å². The summed E-state index contributed by atoms with van der Waals surface area (Å²) in [6.07, 6.45) is -3.41. The number of methoxy groups -OCH3 is 1. The molecular formula is C17H20F3NO4. The van der Waals surface area contributed by atoms with Crippen molar-refractivity contribution in [1.29, 1.82) is 0 Å². The van der Waals surface area contributed by atoms with Gasteiger partial charge in [-0.3, -0.25) is 4.79 Å². The number of halogens is 3. The highest BCUT2D eigenvalue weighted by molar-refractivity contribution is 5.89. The molecule has 0 radical (unpaired) electrons. The molecule has 1 fully saturated rings. The van der Waals surface area contributed by atoms with E-state index in [0.29, 0.717) is 18.4 Å². The first-order valence-corrected chi connectivity index (χ1v) is 7.92. The van der Waals surface area contributed by atoms with Gasteiger partial charge in [0.25, 0.3) is 0 Å². The highest BCUT2D eigenvalue weighted by Gasteiger charge is 2.44. The van der Waals surface area contributed by atoms with Gasteiger partial charge < -0.3 is 15.2 Å². The fourth-order valence-electron chi connectivity index (χ4n) is 3.24. The van der Waals surface area contributed by atoms with Crippen LogP contribution in [0.25, 0.3) is 0 Å². The number of ether oxygens (including phenoxy) is 1. The first kappa shape index (κ1) is 19.2. The molecular weight excluding hydrogens is 339 g/mol. The van der Waals surface area contributed by atoms with Crippen LogP contribution >= 0.6 is 0 Å². The van der Waals surface area contributed by atoms with Crippen molar-refractivity contribution < 1.29 is 32.6 Å². The molecule has 0 aliphatic heterocycles. The van der Waals surface area contributed by atoms with E-state index in [1.54, 1.807) is 0 Å². The SMILES string of the molecule is COC(CNC(=O)C1(c2cccc(C(F)(F)F)c2)CCCC1)C(=O)O. The molecule has 138 valence electrons.